The zero-order valence-electron chi connectivity index (χ0n) is 15.0. The molecule has 0 fully saturated rings. The standard InChI is InChI=1S/C18H20BrN3O5/c1-3-5-26-16-8-14(15(22(24)25)9-17(16)27-6-4-2)21-18(23)12-7-13(19)11-20-10-12/h7-11H,3-6H2,1-2H3,(H,21,23). The van der Waals surface area contributed by atoms with Crippen molar-refractivity contribution in [1.82, 2.24) is 4.98 Å². The number of nitro groups is 1. The van der Waals surface area contributed by atoms with Crippen LogP contribution in [0.4, 0.5) is 11.4 Å². The second-order valence-electron chi connectivity index (χ2n) is 5.62. The van der Waals surface area contributed by atoms with E-state index in [0.717, 1.165) is 12.8 Å². The molecule has 2 rings (SSSR count). The number of carbonyl (C=O) groups is 1. The molecule has 1 aromatic heterocycles. The van der Waals surface area contributed by atoms with Gasteiger partial charge in [-0.3, -0.25) is 19.9 Å². The number of halogens is 1. The minimum atomic E-state index is -0.572. The molecule has 1 heterocycles. The van der Waals surface area contributed by atoms with Crippen LogP contribution in [0.25, 0.3) is 0 Å². The van der Waals surface area contributed by atoms with Gasteiger partial charge >= 0.3 is 0 Å². The lowest BCUT2D eigenvalue weighted by atomic mass is 10.2. The zero-order chi connectivity index (χ0) is 19.8. The lowest BCUT2D eigenvalue weighted by Gasteiger charge is -2.14. The second kappa shape index (κ2) is 9.86. The van der Waals surface area contributed by atoms with Gasteiger partial charge in [-0.25, -0.2) is 0 Å². The number of nitrogens with one attached hydrogen (secondary N) is 1. The van der Waals surface area contributed by atoms with Gasteiger partial charge in [0.15, 0.2) is 11.5 Å². The number of nitrogens with zero attached hydrogens (tertiary/aromatic N) is 2. The van der Waals surface area contributed by atoms with Crippen LogP contribution in [0.2, 0.25) is 0 Å². The highest BCUT2D eigenvalue weighted by atomic mass is 79.9. The van der Waals surface area contributed by atoms with Gasteiger partial charge < -0.3 is 14.8 Å². The van der Waals surface area contributed by atoms with Crippen molar-refractivity contribution in [3.05, 3.63) is 50.7 Å². The lowest BCUT2D eigenvalue weighted by molar-refractivity contribution is -0.384. The van der Waals surface area contributed by atoms with Crippen LogP contribution < -0.4 is 14.8 Å². The molecule has 0 aliphatic carbocycles. The quantitative estimate of drug-likeness (QED) is 0.454. The summed E-state index contributed by atoms with van der Waals surface area (Å²) in [5.74, 6) is 0.105. The van der Waals surface area contributed by atoms with Gasteiger partial charge in [-0.05, 0) is 34.8 Å². The number of hydrogen-bond acceptors (Lipinski definition) is 6. The first-order valence-corrected chi connectivity index (χ1v) is 9.25. The van der Waals surface area contributed by atoms with Crippen molar-refractivity contribution >= 4 is 33.2 Å². The topological polar surface area (TPSA) is 104 Å². The maximum atomic E-state index is 12.5. The van der Waals surface area contributed by atoms with Gasteiger partial charge in [0.25, 0.3) is 11.6 Å². The first-order chi connectivity index (χ1) is 13.0. The fourth-order valence-corrected chi connectivity index (χ4v) is 2.55. The van der Waals surface area contributed by atoms with Crippen LogP contribution in [0.1, 0.15) is 37.0 Å². The summed E-state index contributed by atoms with van der Waals surface area (Å²) in [6.45, 7) is 4.70. The van der Waals surface area contributed by atoms with Crippen LogP contribution >= 0.6 is 15.9 Å². The van der Waals surface area contributed by atoms with Gasteiger partial charge in [0.05, 0.1) is 29.8 Å². The molecule has 1 amide bonds. The van der Waals surface area contributed by atoms with E-state index in [1.54, 1.807) is 6.07 Å². The number of ether oxygens (including phenoxy) is 2. The third-order valence-corrected chi connectivity index (χ3v) is 3.83. The summed E-state index contributed by atoms with van der Waals surface area (Å²) in [6.07, 6.45) is 4.42. The number of benzene rings is 1. The predicted molar refractivity (Wildman–Crippen MR) is 105 cm³/mol. The van der Waals surface area contributed by atoms with Crippen molar-refractivity contribution < 1.29 is 19.2 Å². The third kappa shape index (κ3) is 5.65. The normalized spacial score (nSPS) is 10.3. The molecule has 0 radical (unpaired) electrons. The second-order valence-corrected chi connectivity index (χ2v) is 6.53. The van der Waals surface area contributed by atoms with Crippen LogP contribution in [0.3, 0.4) is 0 Å². The molecule has 27 heavy (non-hydrogen) atoms. The fourth-order valence-electron chi connectivity index (χ4n) is 2.18. The van der Waals surface area contributed by atoms with Gasteiger partial charge in [0.1, 0.15) is 5.69 Å². The molecule has 0 atom stereocenters. The van der Waals surface area contributed by atoms with E-state index in [1.165, 1.54) is 24.5 Å². The summed E-state index contributed by atoms with van der Waals surface area (Å²) in [4.78, 5) is 27.3. The Morgan fingerprint density at radius 3 is 2.33 bits per heavy atom. The molecule has 144 valence electrons. The monoisotopic (exact) mass is 437 g/mol. The van der Waals surface area contributed by atoms with E-state index in [2.05, 4.69) is 26.2 Å². The Bertz CT molecular complexity index is 829. The van der Waals surface area contributed by atoms with Crippen molar-refractivity contribution in [2.75, 3.05) is 18.5 Å². The number of rotatable bonds is 9. The largest absolute Gasteiger partial charge is 0.490 e. The van der Waals surface area contributed by atoms with Gasteiger partial charge in [-0.15, -0.1) is 0 Å². The van der Waals surface area contributed by atoms with Crippen molar-refractivity contribution in [1.29, 1.82) is 0 Å². The Kier molecular flexibility index (Phi) is 7.54. The van der Waals surface area contributed by atoms with E-state index < -0.39 is 10.8 Å². The highest BCUT2D eigenvalue weighted by Gasteiger charge is 2.22. The number of nitro benzene ring substituents is 1. The number of anilines is 1. The molecule has 1 aromatic carbocycles. The molecule has 0 saturated carbocycles. The average molecular weight is 438 g/mol. The van der Waals surface area contributed by atoms with E-state index >= 15 is 0 Å². The van der Waals surface area contributed by atoms with Crippen LogP contribution in [0.15, 0.2) is 35.1 Å². The highest BCUT2D eigenvalue weighted by molar-refractivity contribution is 9.10. The predicted octanol–water partition coefficient (Wildman–Crippen LogP) is 4.58. The Hall–Kier alpha value is -2.68. The molecule has 0 spiro atoms. The number of amides is 1. The first-order valence-electron chi connectivity index (χ1n) is 8.46. The SMILES string of the molecule is CCCOc1cc(NC(=O)c2cncc(Br)c2)c([N+](=O)[O-])cc1OCCC. The summed E-state index contributed by atoms with van der Waals surface area (Å²) in [6, 6.07) is 4.26. The molecule has 0 aliphatic rings. The van der Waals surface area contributed by atoms with Crippen molar-refractivity contribution in [3.63, 3.8) is 0 Å². The summed E-state index contributed by atoms with van der Waals surface area (Å²) in [5.41, 5.74) is 0.0159. The molecular weight excluding hydrogens is 418 g/mol. The molecule has 0 bridgehead atoms. The van der Waals surface area contributed by atoms with Gasteiger partial charge in [-0.2, -0.15) is 0 Å². The maximum absolute atomic E-state index is 12.5. The summed E-state index contributed by atoms with van der Waals surface area (Å²) < 4.78 is 11.8. The summed E-state index contributed by atoms with van der Waals surface area (Å²) in [7, 11) is 0. The Morgan fingerprint density at radius 2 is 1.78 bits per heavy atom. The smallest absolute Gasteiger partial charge is 0.296 e. The van der Waals surface area contributed by atoms with Gasteiger partial charge in [0.2, 0.25) is 0 Å². The molecule has 9 heteroatoms. The molecular formula is C18H20BrN3O5. The maximum Gasteiger partial charge on any atom is 0.296 e. The zero-order valence-corrected chi connectivity index (χ0v) is 16.6. The van der Waals surface area contributed by atoms with Crippen molar-refractivity contribution in [2.45, 2.75) is 26.7 Å². The third-order valence-electron chi connectivity index (χ3n) is 3.40. The van der Waals surface area contributed by atoms with Crippen LogP contribution in [-0.2, 0) is 0 Å². The van der Waals surface area contributed by atoms with Crippen LogP contribution in [0.5, 0.6) is 11.5 Å². The Balaban J connectivity index is 2.40. The first kappa shape index (κ1) is 20.6. The molecule has 0 aliphatic heterocycles. The van der Waals surface area contributed by atoms with Crippen molar-refractivity contribution in [3.8, 4) is 11.5 Å². The number of hydrogen-bond donors (Lipinski definition) is 1. The lowest BCUT2D eigenvalue weighted by Crippen LogP contribution is -2.14. The molecule has 0 unspecified atom stereocenters. The van der Waals surface area contributed by atoms with Crippen LogP contribution in [0, 0.1) is 10.1 Å². The Morgan fingerprint density at radius 1 is 1.15 bits per heavy atom. The Labute approximate surface area is 165 Å². The van der Waals surface area contributed by atoms with Gasteiger partial charge in [0, 0.05) is 22.9 Å². The van der Waals surface area contributed by atoms with E-state index in [9.17, 15) is 14.9 Å². The number of aromatic nitrogens is 1. The van der Waals surface area contributed by atoms with E-state index in [4.69, 9.17) is 9.47 Å². The summed E-state index contributed by atoms with van der Waals surface area (Å²) >= 11 is 3.24. The van der Waals surface area contributed by atoms with Crippen LogP contribution in [-0.4, -0.2) is 29.0 Å². The van der Waals surface area contributed by atoms with E-state index in [1.807, 2.05) is 13.8 Å². The minimum absolute atomic E-state index is 0.0277. The fraction of sp³-hybridized carbons (Fsp3) is 0.333. The van der Waals surface area contributed by atoms with E-state index in [-0.39, 0.29) is 22.7 Å². The molecule has 2 aromatic rings. The van der Waals surface area contributed by atoms with E-state index in [0.29, 0.717) is 23.4 Å². The average Bonchev–Trinajstić information content (AvgIpc) is 2.65. The van der Waals surface area contributed by atoms with Gasteiger partial charge in [-0.1, -0.05) is 13.8 Å². The summed E-state index contributed by atoms with van der Waals surface area (Å²) in [5, 5.41) is 14.0. The molecule has 1 N–H and O–H groups in total. The highest BCUT2D eigenvalue weighted by Crippen LogP contribution is 2.38. The minimum Gasteiger partial charge on any atom is -0.490 e. The van der Waals surface area contributed by atoms with Crippen molar-refractivity contribution in [2.24, 2.45) is 0 Å². The number of pyridine rings is 1. The molecule has 8 nitrogen and oxygen atoms in total. The molecule has 0 saturated heterocycles. The number of carbonyl (C=O) groups excluding carboxylic acids is 1.